The standard InChI is InChI=1S/C20H18N4O4/c1-2-28-20(27)15-8-3-4-9-16(15)24-18-11-17(21-12-22-18)23-14-7-5-6-13(10-14)19(25)26/h3-12H,2H2,1H3,(H,25,26)(H2,21,22,23,24). The summed E-state index contributed by atoms with van der Waals surface area (Å²) in [5.41, 5.74) is 1.70. The van der Waals surface area contributed by atoms with Gasteiger partial charge in [0.2, 0.25) is 0 Å². The summed E-state index contributed by atoms with van der Waals surface area (Å²) >= 11 is 0. The van der Waals surface area contributed by atoms with Crippen molar-refractivity contribution in [3.05, 3.63) is 72.1 Å². The van der Waals surface area contributed by atoms with Crippen molar-refractivity contribution < 1.29 is 19.4 Å². The third-order valence-electron chi connectivity index (χ3n) is 3.73. The Hall–Kier alpha value is -3.94. The molecular weight excluding hydrogens is 360 g/mol. The average Bonchev–Trinajstić information content (AvgIpc) is 2.69. The molecule has 1 heterocycles. The van der Waals surface area contributed by atoms with Gasteiger partial charge in [0, 0.05) is 11.8 Å². The molecule has 142 valence electrons. The number of ether oxygens (including phenoxy) is 1. The fraction of sp³-hybridized carbons (Fsp3) is 0.100. The Balaban J connectivity index is 1.80. The molecule has 3 rings (SSSR count). The van der Waals surface area contributed by atoms with Crippen LogP contribution in [0.4, 0.5) is 23.0 Å². The van der Waals surface area contributed by atoms with E-state index >= 15 is 0 Å². The van der Waals surface area contributed by atoms with Crippen molar-refractivity contribution in [2.45, 2.75) is 6.92 Å². The summed E-state index contributed by atoms with van der Waals surface area (Å²) in [4.78, 5) is 31.5. The number of benzene rings is 2. The predicted octanol–water partition coefficient (Wildman–Crippen LogP) is 3.84. The molecule has 0 spiro atoms. The third kappa shape index (κ3) is 4.61. The van der Waals surface area contributed by atoms with E-state index in [0.29, 0.717) is 28.6 Å². The number of hydrogen-bond acceptors (Lipinski definition) is 7. The number of carboxylic acid groups (broad SMARTS) is 1. The molecular formula is C20H18N4O4. The zero-order valence-corrected chi connectivity index (χ0v) is 15.0. The number of carboxylic acids is 1. The van der Waals surface area contributed by atoms with Gasteiger partial charge in [0.05, 0.1) is 23.4 Å². The van der Waals surface area contributed by atoms with Gasteiger partial charge in [-0.2, -0.15) is 0 Å². The maximum absolute atomic E-state index is 12.1. The largest absolute Gasteiger partial charge is 0.478 e. The smallest absolute Gasteiger partial charge is 0.340 e. The van der Waals surface area contributed by atoms with E-state index in [1.165, 1.54) is 18.5 Å². The molecule has 0 atom stereocenters. The number of carbonyl (C=O) groups excluding carboxylic acids is 1. The molecule has 0 bridgehead atoms. The molecule has 8 nitrogen and oxygen atoms in total. The van der Waals surface area contributed by atoms with Crippen molar-refractivity contribution >= 4 is 34.9 Å². The van der Waals surface area contributed by atoms with Crippen LogP contribution in [0.5, 0.6) is 0 Å². The highest BCUT2D eigenvalue weighted by Crippen LogP contribution is 2.23. The van der Waals surface area contributed by atoms with Gasteiger partial charge >= 0.3 is 11.9 Å². The number of rotatable bonds is 7. The number of aromatic nitrogens is 2. The minimum atomic E-state index is -1.01. The lowest BCUT2D eigenvalue weighted by molar-refractivity contribution is 0.0527. The number of anilines is 4. The van der Waals surface area contributed by atoms with Crippen LogP contribution in [0, 0.1) is 0 Å². The first-order valence-corrected chi connectivity index (χ1v) is 8.52. The SMILES string of the molecule is CCOC(=O)c1ccccc1Nc1cc(Nc2cccc(C(=O)O)c2)ncn1. The normalized spacial score (nSPS) is 10.2. The van der Waals surface area contributed by atoms with Crippen LogP contribution in [0.3, 0.4) is 0 Å². The van der Waals surface area contributed by atoms with E-state index in [0.717, 1.165) is 0 Å². The first-order valence-electron chi connectivity index (χ1n) is 8.52. The van der Waals surface area contributed by atoms with Crippen LogP contribution in [0.1, 0.15) is 27.6 Å². The van der Waals surface area contributed by atoms with Crippen molar-refractivity contribution in [2.75, 3.05) is 17.2 Å². The van der Waals surface area contributed by atoms with Crippen molar-refractivity contribution in [2.24, 2.45) is 0 Å². The minimum absolute atomic E-state index is 0.167. The van der Waals surface area contributed by atoms with Gasteiger partial charge in [-0.15, -0.1) is 0 Å². The molecule has 0 fully saturated rings. The quantitative estimate of drug-likeness (QED) is 0.532. The zero-order valence-electron chi connectivity index (χ0n) is 15.0. The van der Waals surface area contributed by atoms with Gasteiger partial charge in [-0.3, -0.25) is 0 Å². The van der Waals surface area contributed by atoms with Crippen LogP contribution in [-0.2, 0) is 4.74 Å². The van der Waals surface area contributed by atoms with E-state index in [2.05, 4.69) is 20.6 Å². The van der Waals surface area contributed by atoms with Gasteiger partial charge in [0.1, 0.15) is 18.0 Å². The van der Waals surface area contributed by atoms with Gasteiger partial charge < -0.3 is 20.5 Å². The molecule has 8 heteroatoms. The molecule has 0 unspecified atom stereocenters. The number of hydrogen-bond donors (Lipinski definition) is 3. The van der Waals surface area contributed by atoms with E-state index in [-0.39, 0.29) is 12.2 Å². The fourth-order valence-electron chi connectivity index (χ4n) is 2.49. The number of nitrogens with zero attached hydrogens (tertiary/aromatic N) is 2. The van der Waals surface area contributed by atoms with E-state index in [1.807, 2.05) is 0 Å². The molecule has 2 aromatic carbocycles. The Bertz CT molecular complexity index is 1010. The second-order valence-corrected chi connectivity index (χ2v) is 5.69. The molecule has 0 aliphatic heterocycles. The highest BCUT2D eigenvalue weighted by molar-refractivity contribution is 5.96. The van der Waals surface area contributed by atoms with Crippen LogP contribution < -0.4 is 10.6 Å². The molecule has 0 amide bonds. The lowest BCUT2D eigenvalue weighted by atomic mass is 10.2. The Kier molecular flexibility index (Phi) is 5.81. The summed E-state index contributed by atoms with van der Waals surface area (Å²) in [7, 11) is 0. The molecule has 0 saturated heterocycles. The van der Waals surface area contributed by atoms with E-state index in [9.17, 15) is 9.59 Å². The Morgan fingerprint density at radius 2 is 1.75 bits per heavy atom. The van der Waals surface area contributed by atoms with Crippen LogP contribution in [0.25, 0.3) is 0 Å². The molecule has 3 aromatic rings. The number of esters is 1. The third-order valence-corrected chi connectivity index (χ3v) is 3.73. The Morgan fingerprint density at radius 3 is 2.50 bits per heavy atom. The molecule has 0 saturated carbocycles. The Morgan fingerprint density at radius 1 is 1.00 bits per heavy atom. The first-order chi connectivity index (χ1) is 13.6. The van der Waals surface area contributed by atoms with Crippen LogP contribution in [-0.4, -0.2) is 33.6 Å². The summed E-state index contributed by atoms with van der Waals surface area (Å²) in [6, 6.07) is 15.0. The van der Waals surface area contributed by atoms with Gasteiger partial charge in [-0.05, 0) is 37.3 Å². The zero-order chi connectivity index (χ0) is 19.9. The molecule has 0 radical (unpaired) electrons. The van der Waals surface area contributed by atoms with Crippen molar-refractivity contribution in [3.8, 4) is 0 Å². The fourth-order valence-corrected chi connectivity index (χ4v) is 2.49. The molecule has 1 aromatic heterocycles. The van der Waals surface area contributed by atoms with Crippen molar-refractivity contribution in [3.63, 3.8) is 0 Å². The van der Waals surface area contributed by atoms with Crippen molar-refractivity contribution in [1.82, 2.24) is 9.97 Å². The number of para-hydroxylation sites is 1. The first kappa shape index (κ1) is 18.8. The number of aromatic carboxylic acids is 1. The number of nitrogens with one attached hydrogen (secondary N) is 2. The van der Waals surface area contributed by atoms with Gasteiger partial charge in [0.15, 0.2) is 0 Å². The van der Waals surface area contributed by atoms with E-state index in [1.54, 1.807) is 49.4 Å². The molecule has 0 aliphatic carbocycles. The van der Waals surface area contributed by atoms with E-state index < -0.39 is 11.9 Å². The summed E-state index contributed by atoms with van der Waals surface area (Å²) in [6.07, 6.45) is 1.36. The van der Waals surface area contributed by atoms with Crippen LogP contribution in [0.15, 0.2) is 60.9 Å². The van der Waals surface area contributed by atoms with Gasteiger partial charge in [-0.1, -0.05) is 18.2 Å². The minimum Gasteiger partial charge on any atom is -0.478 e. The maximum atomic E-state index is 12.1. The molecule has 0 aliphatic rings. The number of carbonyl (C=O) groups is 2. The van der Waals surface area contributed by atoms with Crippen LogP contribution in [0.2, 0.25) is 0 Å². The second kappa shape index (κ2) is 8.63. The lowest BCUT2D eigenvalue weighted by Crippen LogP contribution is -2.08. The Labute approximate surface area is 161 Å². The highest BCUT2D eigenvalue weighted by Gasteiger charge is 2.12. The topological polar surface area (TPSA) is 113 Å². The summed E-state index contributed by atoms with van der Waals surface area (Å²) in [5.74, 6) is -0.509. The predicted molar refractivity (Wildman–Crippen MR) is 104 cm³/mol. The van der Waals surface area contributed by atoms with E-state index in [4.69, 9.17) is 9.84 Å². The van der Waals surface area contributed by atoms with Crippen molar-refractivity contribution in [1.29, 1.82) is 0 Å². The summed E-state index contributed by atoms with van der Waals surface area (Å²) < 4.78 is 5.07. The second-order valence-electron chi connectivity index (χ2n) is 5.69. The van der Waals surface area contributed by atoms with Crippen LogP contribution >= 0.6 is 0 Å². The van der Waals surface area contributed by atoms with Gasteiger partial charge in [0.25, 0.3) is 0 Å². The maximum Gasteiger partial charge on any atom is 0.340 e. The summed E-state index contributed by atoms with van der Waals surface area (Å²) in [6.45, 7) is 2.03. The molecule has 3 N–H and O–H groups in total. The summed E-state index contributed by atoms with van der Waals surface area (Å²) in [5, 5.41) is 15.2. The van der Waals surface area contributed by atoms with Gasteiger partial charge in [-0.25, -0.2) is 19.6 Å². The average molecular weight is 378 g/mol. The molecule has 28 heavy (non-hydrogen) atoms. The lowest BCUT2D eigenvalue weighted by Gasteiger charge is -2.12. The highest BCUT2D eigenvalue weighted by atomic mass is 16.5. The monoisotopic (exact) mass is 378 g/mol.